The van der Waals surface area contributed by atoms with E-state index in [0.717, 1.165) is 5.69 Å². The number of nitrogens with one attached hydrogen (secondary N) is 1. The van der Waals surface area contributed by atoms with Crippen molar-refractivity contribution in [3.8, 4) is 0 Å². The van der Waals surface area contributed by atoms with Crippen LogP contribution in [0.25, 0.3) is 0 Å². The van der Waals surface area contributed by atoms with E-state index >= 15 is 0 Å². The van der Waals surface area contributed by atoms with E-state index in [0.29, 0.717) is 15.9 Å². The highest BCUT2D eigenvalue weighted by Crippen LogP contribution is 2.30. The van der Waals surface area contributed by atoms with E-state index in [1.807, 2.05) is 24.3 Å². The standard InChI is InChI=1S/C17H17BrN2O2S/c1-17(2,3)11-4-7-13(8-5-11)19-16-14-9-6-12(18)10-15(14)23(21,22)20-16/h4-10H,1-3H3,(H,19,20). The lowest BCUT2D eigenvalue weighted by atomic mass is 9.87. The Morgan fingerprint density at radius 3 is 2.30 bits per heavy atom. The zero-order chi connectivity index (χ0) is 16.8. The molecule has 1 aliphatic heterocycles. The molecule has 0 fully saturated rings. The molecule has 4 nitrogen and oxygen atoms in total. The minimum absolute atomic E-state index is 0.0750. The first-order chi connectivity index (χ1) is 10.7. The van der Waals surface area contributed by atoms with Crippen molar-refractivity contribution >= 4 is 37.5 Å². The van der Waals surface area contributed by atoms with Gasteiger partial charge in [-0.3, -0.25) is 0 Å². The van der Waals surface area contributed by atoms with Crippen LogP contribution in [0.15, 0.2) is 56.2 Å². The van der Waals surface area contributed by atoms with Crippen LogP contribution in [0.4, 0.5) is 5.69 Å². The number of benzene rings is 2. The second-order valence-electron chi connectivity index (χ2n) is 6.51. The summed E-state index contributed by atoms with van der Waals surface area (Å²) in [5.41, 5.74) is 2.69. The zero-order valence-corrected chi connectivity index (χ0v) is 15.5. The fourth-order valence-corrected chi connectivity index (χ4v) is 4.12. The van der Waals surface area contributed by atoms with Gasteiger partial charge in [0.1, 0.15) is 4.90 Å². The maximum atomic E-state index is 12.1. The molecule has 0 aromatic heterocycles. The smallest absolute Gasteiger partial charge is 0.285 e. The van der Waals surface area contributed by atoms with Gasteiger partial charge in [0.2, 0.25) is 0 Å². The van der Waals surface area contributed by atoms with Crippen molar-refractivity contribution in [1.82, 2.24) is 0 Å². The van der Waals surface area contributed by atoms with E-state index < -0.39 is 10.0 Å². The summed E-state index contributed by atoms with van der Waals surface area (Å²) < 4.78 is 28.9. The van der Waals surface area contributed by atoms with Crippen LogP contribution in [0.5, 0.6) is 0 Å². The van der Waals surface area contributed by atoms with E-state index in [1.54, 1.807) is 18.2 Å². The highest BCUT2D eigenvalue weighted by atomic mass is 79.9. The Labute approximate surface area is 144 Å². The van der Waals surface area contributed by atoms with Crippen LogP contribution < -0.4 is 5.32 Å². The summed E-state index contributed by atoms with van der Waals surface area (Å²) in [5.74, 6) is 0.357. The van der Waals surface area contributed by atoms with Crippen molar-refractivity contribution in [2.75, 3.05) is 5.32 Å². The largest absolute Gasteiger partial charge is 0.339 e. The molecule has 120 valence electrons. The Kier molecular flexibility index (Phi) is 3.84. The summed E-state index contributed by atoms with van der Waals surface area (Å²) in [4.78, 5) is 0.223. The van der Waals surface area contributed by atoms with Gasteiger partial charge in [-0.05, 0) is 41.3 Å². The summed E-state index contributed by atoms with van der Waals surface area (Å²) in [6, 6.07) is 13.1. The van der Waals surface area contributed by atoms with Gasteiger partial charge in [-0.25, -0.2) is 0 Å². The lowest BCUT2D eigenvalue weighted by Crippen LogP contribution is -2.13. The van der Waals surface area contributed by atoms with E-state index in [9.17, 15) is 8.42 Å². The fourth-order valence-electron chi connectivity index (χ4n) is 2.40. The Morgan fingerprint density at radius 2 is 1.70 bits per heavy atom. The minimum Gasteiger partial charge on any atom is -0.339 e. The third-order valence-corrected chi connectivity index (χ3v) is 5.51. The van der Waals surface area contributed by atoms with Gasteiger partial charge < -0.3 is 5.32 Å². The molecule has 0 amide bonds. The van der Waals surface area contributed by atoms with Crippen LogP contribution in [0.3, 0.4) is 0 Å². The molecule has 2 aromatic rings. The fraction of sp³-hybridized carbons (Fsp3) is 0.235. The minimum atomic E-state index is -3.63. The molecule has 6 heteroatoms. The highest BCUT2D eigenvalue weighted by Gasteiger charge is 2.29. The van der Waals surface area contributed by atoms with Gasteiger partial charge >= 0.3 is 0 Å². The van der Waals surface area contributed by atoms with E-state index in [2.05, 4.69) is 46.4 Å². The third kappa shape index (κ3) is 3.19. The number of fused-ring (bicyclic) bond motifs is 1. The molecule has 0 saturated heterocycles. The average Bonchev–Trinajstić information content (AvgIpc) is 2.69. The number of rotatable bonds is 1. The highest BCUT2D eigenvalue weighted by molar-refractivity contribution is 9.10. The molecule has 0 spiro atoms. The van der Waals surface area contributed by atoms with Gasteiger partial charge in [0.05, 0.1) is 0 Å². The predicted molar refractivity (Wildman–Crippen MR) is 96.6 cm³/mol. The first-order valence-corrected chi connectivity index (χ1v) is 9.43. The predicted octanol–water partition coefficient (Wildman–Crippen LogP) is 4.31. The van der Waals surface area contributed by atoms with Gasteiger partial charge in [0.25, 0.3) is 10.0 Å². The lowest BCUT2D eigenvalue weighted by molar-refractivity contribution is 0.590. The van der Waals surface area contributed by atoms with E-state index in [1.165, 1.54) is 5.56 Å². The number of sulfonamides is 1. The average molecular weight is 393 g/mol. The Bertz CT molecular complexity index is 895. The molecule has 0 atom stereocenters. The molecular formula is C17H17BrN2O2S. The number of amidine groups is 1. The molecule has 0 aliphatic carbocycles. The van der Waals surface area contributed by atoms with Crippen molar-refractivity contribution in [3.63, 3.8) is 0 Å². The quantitative estimate of drug-likeness (QED) is 0.786. The molecular weight excluding hydrogens is 376 g/mol. The Morgan fingerprint density at radius 1 is 1.04 bits per heavy atom. The molecule has 0 radical (unpaired) electrons. The first-order valence-electron chi connectivity index (χ1n) is 7.19. The Balaban J connectivity index is 1.93. The monoisotopic (exact) mass is 392 g/mol. The maximum absolute atomic E-state index is 12.1. The molecule has 3 rings (SSSR count). The van der Waals surface area contributed by atoms with Crippen LogP contribution in [-0.4, -0.2) is 14.3 Å². The number of anilines is 1. The molecule has 1 heterocycles. The van der Waals surface area contributed by atoms with E-state index in [-0.39, 0.29) is 10.3 Å². The van der Waals surface area contributed by atoms with Gasteiger partial charge in [0.15, 0.2) is 5.84 Å². The summed E-state index contributed by atoms with van der Waals surface area (Å²) in [7, 11) is -3.63. The second-order valence-corrected chi connectivity index (χ2v) is 9.00. The van der Waals surface area contributed by atoms with E-state index in [4.69, 9.17) is 0 Å². The summed E-state index contributed by atoms with van der Waals surface area (Å²) >= 11 is 3.29. The van der Waals surface area contributed by atoms with Crippen LogP contribution in [-0.2, 0) is 15.4 Å². The number of halogens is 1. The SMILES string of the molecule is CC(C)(C)c1ccc(NC2=NS(=O)(=O)c3cc(Br)ccc32)cc1. The molecule has 23 heavy (non-hydrogen) atoms. The van der Waals surface area contributed by atoms with Crippen molar-refractivity contribution in [2.24, 2.45) is 4.40 Å². The van der Waals surface area contributed by atoms with Crippen LogP contribution in [0.1, 0.15) is 31.9 Å². The lowest BCUT2D eigenvalue weighted by Gasteiger charge is -2.19. The van der Waals surface area contributed by atoms with Crippen molar-refractivity contribution in [3.05, 3.63) is 58.1 Å². The normalized spacial score (nSPS) is 15.9. The summed E-state index contributed by atoms with van der Waals surface area (Å²) in [6.45, 7) is 6.45. The third-order valence-electron chi connectivity index (χ3n) is 3.70. The molecule has 2 aromatic carbocycles. The molecule has 0 saturated carbocycles. The summed E-state index contributed by atoms with van der Waals surface area (Å²) in [6.07, 6.45) is 0. The van der Waals surface area contributed by atoms with Gasteiger partial charge in [-0.2, -0.15) is 8.42 Å². The van der Waals surface area contributed by atoms with Crippen molar-refractivity contribution in [1.29, 1.82) is 0 Å². The molecule has 0 bridgehead atoms. The van der Waals surface area contributed by atoms with Crippen LogP contribution >= 0.6 is 15.9 Å². The van der Waals surface area contributed by atoms with Gasteiger partial charge in [-0.15, -0.1) is 4.40 Å². The maximum Gasteiger partial charge on any atom is 0.285 e. The van der Waals surface area contributed by atoms with Crippen molar-refractivity contribution < 1.29 is 8.42 Å². The zero-order valence-electron chi connectivity index (χ0n) is 13.1. The first kappa shape index (κ1) is 16.2. The molecule has 1 N–H and O–H groups in total. The molecule has 1 aliphatic rings. The number of hydrogen-bond acceptors (Lipinski definition) is 3. The Hall–Kier alpha value is -1.66. The van der Waals surface area contributed by atoms with Gasteiger partial charge in [-0.1, -0.05) is 48.8 Å². The van der Waals surface area contributed by atoms with Crippen LogP contribution in [0.2, 0.25) is 0 Å². The van der Waals surface area contributed by atoms with Crippen LogP contribution in [0, 0.1) is 0 Å². The molecule has 0 unspecified atom stereocenters. The van der Waals surface area contributed by atoms with Crippen molar-refractivity contribution in [2.45, 2.75) is 31.1 Å². The second kappa shape index (κ2) is 5.46. The summed E-state index contributed by atoms with van der Waals surface area (Å²) in [5, 5.41) is 3.11. The topological polar surface area (TPSA) is 58.5 Å². The number of nitrogens with zero attached hydrogens (tertiary/aromatic N) is 1. The van der Waals surface area contributed by atoms with Gasteiger partial charge in [0, 0.05) is 15.7 Å². The number of hydrogen-bond donors (Lipinski definition) is 1.